The van der Waals surface area contributed by atoms with E-state index in [1.165, 1.54) is 18.4 Å². The third kappa shape index (κ3) is 4.06. The van der Waals surface area contributed by atoms with Crippen LogP contribution < -0.4 is 5.73 Å². The topological polar surface area (TPSA) is 46.3 Å². The second-order valence-electron chi connectivity index (χ2n) is 5.33. The van der Waals surface area contributed by atoms with E-state index in [1.807, 2.05) is 23.1 Å². The molecule has 1 aromatic carbocycles. The fourth-order valence-corrected chi connectivity index (χ4v) is 2.83. The van der Waals surface area contributed by atoms with Crippen LogP contribution in [0.1, 0.15) is 31.2 Å². The van der Waals surface area contributed by atoms with Crippen molar-refractivity contribution in [2.75, 3.05) is 19.6 Å². The van der Waals surface area contributed by atoms with Crippen molar-refractivity contribution in [1.29, 1.82) is 0 Å². The Morgan fingerprint density at radius 3 is 2.47 bits per heavy atom. The van der Waals surface area contributed by atoms with Crippen molar-refractivity contribution < 1.29 is 4.79 Å². The molecule has 2 N–H and O–H groups in total. The van der Waals surface area contributed by atoms with Gasteiger partial charge in [0.15, 0.2) is 0 Å². The zero-order valence-electron chi connectivity index (χ0n) is 11.6. The van der Waals surface area contributed by atoms with Gasteiger partial charge in [-0.1, -0.05) is 43.2 Å². The summed E-state index contributed by atoms with van der Waals surface area (Å²) in [5.74, 6) is 0.571. The predicted octanol–water partition coefficient (Wildman–Crippen LogP) is 2.21. The van der Waals surface area contributed by atoms with Crippen molar-refractivity contribution in [2.24, 2.45) is 11.7 Å². The van der Waals surface area contributed by atoms with Crippen LogP contribution in [0.5, 0.6) is 0 Å². The molecule has 1 fully saturated rings. The van der Waals surface area contributed by atoms with Crippen LogP contribution in [0, 0.1) is 5.92 Å². The van der Waals surface area contributed by atoms with E-state index in [-0.39, 0.29) is 5.92 Å². The number of hydrogen-bond acceptors (Lipinski definition) is 2. The Labute approximate surface area is 115 Å². The quantitative estimate of drug-likeness (QED) is 0.852. The summed E-state index contributed by atoms with van der Waals surface area (Å²) in [5, 5.41) is 0. The van der Waals surface area contributed by atoms with Gasteiger partial charge in [0.2, 0.25) is 5.91 Å². The summed E-state index contributed by atoms with van der Waals surface area (Å²) in [5.41, 5.74) is 6.92. The van der Waals surface area contributed by atoms with Crippen LogP contribution >= 0.6 is 0 Å². The largest absolute Gasteiger partial charge is 0.341 e. The van der Waals surface area contributed by atoms with Crippen LogP contribution in [0.2, 0.25) is 0 Å². The Kier molecular flexibility index (Phi) is 5.40. The lowest BCUT2D eigenvalue weighted by Gasteiger charge is -2.25. The number of rotatable bonds is 6. The van der Waals surface area contributed by atoms with Gasteiger partial charge in [-0.3, -0.25) is 4.79 Å². The Bertz CT molecular complexity index is 385. The van der Waals surface area contributed by atoms with Crippen molar-refractivity contribution in [1.82, 2.24) is 4.90 Å². The van der Waals surface area contributed by atoms with Gasteiger partial charge in [-0.25, -0.2) is 0 Å². The normalized spacial score (nSPS) is 15.6. The highest BCUT2D eigenvalue weighted by molar-refractivity contribution is 5.79. The van der Waals surface area contributed by atoms with E-state index in [1.54, 1.807) is 0 Å². The molecule has 0 spiro atoms. The first-order chi connectivity index (χ1) is 9.31. The van der Waals surface area contributed by atoms with Gasteiger partial charge in [-0.2, -0.15) is 0 Å². The summed E-state index contributed by atoms with van der Waals surface area (Å²) in [7, 11) is 0. The first kappa shape index (κ1) is 14.1. The zero-order valence-corrected chi connectivity index (χ0v) is 11.6. The number of nitrogens with zero attached hydrogens (tertiary/aromatic N) is 1. The van der Waals surface area contributed by atoms with Gasteiger partial charge in [0, 0.05) is 25.6 Å². The molecular formula is C16H24N2O. The van der Waals surface area contributed by atoms with E-state index in [0.29, 0.717) is 19.0 Å². The standard InChI is InChI=1S/C16H24N2O/c17-11-13-18(16(19)15-8-4-5-9-15)12-10-14-6-2-1-3-7-14/h1-3,6-7,15H,4-5,8-13,17H2. The summed E-state index contributed by atoms with van der Waals surface area (Å²) < 4.78 is 0. The molecule has 3 heteroatoms. The van der Waals surface area contributed by atoms with E-state index >= 15 is 0 Å². The molecule has 19 heavy (non-hydrogen) atoms. The summed E-state index contributed by atoms with van der Waals surface area (Å²) in [6.07, 6.45) is 5.44. The monoisotopic (exact) mass is 260 g/mol. The van der Waals surface area contributed by atoms with E-state index in [0.717, 1.165) is 25.8 Å². The van der Waals surface area contributed by atoms with E-state index in [2.05, 4.69) is 12.1 Å². The van der Waals surface area contributed by atoms with Crippen LogP contribution in [-0.4, -0.2) is 30.4 Å². The maximum atomic E-state index is 12.4. The molecule has 1 saturated carbocycles. The van der Waals surface area contributed by atoms with Crippen LogP contribution in [-0.2, 0) is 11.2 Å². The van der Waals surface area contributed by atoms with Gasteiger partial charge >= 0.3 is 0 Å². The minimum atomic E-state index is 0.252. The second-order valence-corrected chi connectivity index (χ2v) is 5.33. The summed E-state index contributed by atoms with van der Waals surface area (Å²) in [6.45, 7) is 2.02. The van der Waals surface area contributed by atoms with Gasteiger partial charge in [-0.15, -0.1) is 0 Å². The van der Waals surface area contributed by atoms with Crippen molar-refractivity contribution in [3.05, 3.63) is 35.9 Å². The van der Waals surface area contributed by atoms with Crippen molar-refractivity contribution in [2.45, 2.75) is 32.1 Å². The van der Waals surface area contributed by atoms with Crippen LogP contribution in [0.4, 0.5) is 0 Å². The summed E-state index contributed by atoms with van der Waals surface area (Å²) in [6, 6.07) is 10.3. The average Bonchev–Trinajstić information content (AvgIpc) is 2.98. The van der Waals surface area contributed by atoms with Gasteiger partial charge in [0.05, 0.1) is 0 Å². The molecule has 0 bridgehead atoms. The lowest BCUT2D eigenvalue weighted by Crippen LogP contribution is -2.40. The average molecular weight is 260 g/mol. The van der Waals surface area contributed by atoms with Gasteiger partial charge in [0.25, 0.3) is 0 Å². The van der Waals surface area contributed by atoms with Gasteiger partial charge < -0.3 is 10.6 Å². The Balaban J connectivity index is 1.90. The van der Waals surface area contributed by atoms with E-state index in [9.17, 15) is 4.79 Å². The lowest BCUT2D eigenvalue weighted by atomic mass is 10.1. The van der Waals surface area contributed by atoms with Gasteiger partial charge in [0.1, 0.15) is 0 Å². The third-order valence-electron chi connectivity index (χ3n) is 3.93. The van der Waals surface area contributed by atoms with Crippen molar-refractivity contribution in [3.8, 4) is 0 Å². The maximum Gasteiger partial charge on any atom is 0.225 e. The summed E-state index contributed by atoms with van der Waals surface area (Å²) >= 11 is 0. The molecule has 1 aliphatic rings. The Hall–Kier alpha value is -1.35. The Morgan fingerprint density at radius 1 is 1.16 bits per heavy atom. The van der Waals surface area contributed by atoms with Crippen LogP contribution in [0.15, 0.2) is 30.3 Å². The number of benzene rings is 1. The highest BCUT2D eigenvalue weighted by Crippen LogP contribution is 2.26. The summed E-state index contributed by atoms with van der Waals surface area (Å²) in [4.78, 5) is 14.4. The SMILES string of the molecule is NCCN(CCc1ccccc1)C(=O)C1CCCC1. The molecule has 3 nitrogen and oxygen atoms in total. The van der Waals surface area contributed by atoms with E-state index < -0.39 is 0 Å². The smallest absolute Gasteiger partial charge is 0.225 e. The molecule has 0 radical (unpaired) electrons. The minimum absolute atomic E-state index is 0.252. The van der Waals surface area contributed by atoms with Crippen molar-refractivity contribution in [3.63, 3.8) is 0 Å². The highest BCUT2D eigenvalue weighted by Gasteiger charge is 2.26. The van der Waals surface area contributed by atoms with Crippen molar-refractivity contribution >= 4 is 5.91 Å². The van der Waals surface area contributed by atoms with E-state index in [4.69, 9.17) is 5.73 Å². The van der Waals surface area contributed by atoms with Crippen LogP contribution in [0.25, 0.3) is 0 Å². The fraction of sp³-hybridized carbons (Fsp3) is 0.562. The molecule has 0 aliphatic heterocycles. The highest BCUT2D eigenvalue weighted by atomic mass is 16.2. The zero-order chi connectivity index (χ0) is 13.5. The molecule has 0 heterocycles. The molecular weight excluding hydrogens is 236 g/mol. The predicted molar refractivity (Wildman–Crippen MR) is 77.7 cm³/mol. The first-order valence-electron chi connectivity index (χ1n) is 7.34. The molecule has 0 aromatic heterocycles. The molecule has 104 valence electrons. The molecule has 1 aromatic rings. The molecule has 2 rings (SSSR count). The molecule has 0 atom stereocenters. The number of amides is 1. The van der Waals surface area contributed by atoms with Crippen LogP contribution in [0.3, 0.4) is 0 Å². The third-order valence-corrected chi connectivity index (χ3v) is 3.93. The fourth-order valence-electron chi connectivity index (χ4n) is 2.83. The second kappa shape index (κ2) is 7.29. The maximum absolute atomic E-state index is 12.4. The number of carbonyl (C=O) groups is 1. The number of nitrogens with two attached hydrogens (primary N) is 1. The Morgan fingerprint density at radius 2 is 1.84 bits per heavy atom. The molecule has 0 saturated heterocycles. The van der Waals surface area contributed by atoms with Gasteiger partial charge in [-0.05, 0) is 24.8 Å². The minimum Gasteiger partial charge on any atom is -0.341 e. The first-order valence-corrected chi connectivity index (χ1v) is 7.34. The number of hydrogen-bond donors (Lipinski definition) is 1. The molecule has 1 aliphatic carbocycles. The molecule has 1 amide bonds. The number of carbonyl (C=O) groups excluding carboxylic acids is 1. The lowest BCUT2D eigenvalue weighted by molar-refractivity contribution is -0.135. The molecule has 0 unspecified atom stereocenters.